The van der Waals surface area contributed by atoms with E-state index in [4.69, 9.17) is 16.6 Å². The van der Waals surface area contributed by atoms with E-state index in [0.29, 0.717) is 22.4 Å². The molecule has 0 fully saturated rings. The highest BCUT2D eigenvalue weighted by molar-refractivity contribution is 6.29. The van der Waals surface area contributed by atoms with Gasteiger partial charge in [-0.3, -0.25) is 14.3 Å². The summed E-state index contributed by atoms with van der Waals surface area (Å²) in [4.78, 5) is 38.0. The van der Waals surface area contributed by atoms with Gasteiger partial charge in [0.2, 0.25) is 0 Å². The number of carboxylic acid groups (broad SMARTS) is 1. The smallest absolute Gasteiger partial charge is 0.356 e. The Labute approximate surface area is 194 Å². The molecule has 0 amide bonds. The van der Waals surface area contributed by atoms with Gasteiger partial charge in [0.15, 0.2) is 5.69 Å². The van der Waals surface area contributed by atoms with Crippen LogP contribution in [0.25, 0.3) is 22.3 Å². The third kappa shape index (κ3) is 4.29. The molecule has 33 heavy (non-hydrogen) atoms. The molecule has 0 unspecified atom stereocenters. The molecule has 0 radical (unpaired) electrons. The minimum atomic E-state index is -1.19. The van der Waals surface area contributed by atoms with Crippen LogP contribution in [0, 0.1) is 13.8 Å². The van der Waals surface area contributed by atoms with Crippen LogP contribution in [0.2, 0.25) is 5.15 Å². The molecule has 0 saturated carbocycles. The number of pyridine rings is 2. The first-order valence-corrected chi connectivity index (χ1v) is 10.6. The maximum absolute atomic E-state index is 13.2. The predicted molar refractivity (Wildman–Crippen MR) is 128 cm³/mol. The molecule has 0 spiro atoms. The fourth-order valence-electron chi connectivity index (χ4n) is 3.77. The molecule has 8 nitrogen and oxygen atoms in total. The predicted octanol–water partition coefficient (Wildman–Crippen LogP) is 4.53. The highest BCUT2D eigenvalue weighted by Gasteiger charge is 2.20. The highest BCUT2D eigenvalue weighted by Crippen LogP contribution is 2.29. The van der Waals surface area contributed by atoms with Crippen molar-refractivity contribution in [2.75, 3.05) is 5.32 Å². The number of hydrogen-bond donors (Lipinski definition) is 2. The van der Waals surface area contributed by atoms with Crippen LogP contribution in [-0.4, -0.2) is 30.6 Å². The van der Waals surface area contributed by atoms with Crippen LogP contribution in [0.3, 0.4) is 0 Å². The second-order valence-electron chi connectivity index (χ2n) is 7.94. The molecule has 4 aromatic rings. The average Bonchev–Trinajstić information content (AvgIpc) is 2.77. The van der Waals surface area contributed by atoms with Gasteiger partial charge in [-0.05, 0) is 56.7 Å². The van der Waals surface area contributed by atoms with Crippen molar-refractivity contribution in [2.24, 2.45) is 7.05 Å². The summed E-state index contributed by atoms with van der Waals surface area (Å²) in [5.74, 6) is -0.695. The first kappa shape index (κ1) is 22.4. The first-order valence-electron chi connectivity index (χ1n) is 10.3. The minimum absolute atomic E-state index is 0.0909. The number of nitrogens with one attached hydrogen (secondary N) is 1. The molecule has 0 aliphatic carbocycles. The summed E-state index contributed by atoms with van der Waals surface area (Å²) < 4.78 is 1.52. The quantitative estimate of drug-likeness (QED) is 0.418. The second-order valence-corrected chi connectivity index (χ2v) is 8.33. The van der Waals surface area contributed by atoms with Gasteiger partial charge in [-0.1, -0.05) is 17.7 Å². The molecule has 0 aliphatic rings. The lowest BCUT2D eigenvalue weighted by Gasteiger charge is -2.20. The SMILES string of the molecule is Cc1cc([C@@H](C)Nc2ccc(Cl)nc2C(=O)O)c2nc(-c3ccc(C)nc3)n(C)c(=O)c2c1. The summed E-state index contributed by atoms with van der Waals surface area (Å²) in [7, 11) is 1.69. The first-order chi connectivity index (χ1) is 15.7. The number of fused-ring (bicyclic) bond motifs is 1. The zero-order valence-electron chi connectivity index (χ0n) is 18.5. The zero-order chi connectivity index (χ0) is 23.9. The number of anilines is 1. The molecule has 0 saturated heterocycles. The van der Waals surface area contributed by atoms with Crippen molar-refractivity contribution in [1.29, 1.82) is 0 Å². The monoisotopic (exact) mass is 463 g/mol. The van der Waals surface area contributed by atoms with E-state index in [1.165, 1.54) is 10.6 Å². The van der Waals surface area contributed by atoms with E-state index in [1.54, 1.807) is 19.3 Å². The molecule has 2 N–H and O–H groups in total. The van der Waals surface area contributed by atoms with Crippen molar-refractivity contribution in [1.82, 2.24) is 19.5 Å². The van der Waals surface area contributed by atoms with Crippen molar-refractivity contribution in [3.05, 3.63) is 80.6 Å². The van der Waals surface area contributed by atoms with Gasteiger partial charge in [-0.25, -0.2) is 14.8 Å². The Morgan fingerprint density at radius 1 is 1.15 bits per heavy atom. The number of halogens is 1. The summed E-state index contributed by atoms with van der Waals surface area (Å²) >= 11 is 5.88. The van der Waals surface area contributed by atoms with E-state index in [0.717, 1.165) is 22.4 Å². The van der Waals surface area contributed by atoms with Gasteiger partial charge in [-0.2, -0.15) is 0 Å². The molecule has 9 heteroatoms. The van der Waals surface area contributed by atoms with Gasteiger partial charge < -0.3 is 10.4 Å². The Bertz CT molecular complexity index is 1450. The molecular formula is C24H22ClN5O3. The van der Waals surface area contributed by atoms with Crippen molar-refractivity contribution in [3.63, 3.8) is 0 Å². The highest BCUT2D eigenvalue weighted by atomic mass is 35.5. The number of nitrogens with zero attached hydrogens (tertiary/aromatic N) is 4. The van der Waals surface area contributed by atoms with Gasteiger partial charge in [0.05, 0.1) is 22.6 Å². The van der Waals surface area contributed by atoms with Crippen molar-refractivity contribution >= 4 is 34.2 Å². The molecule has 4 rings (SSSR count). The summed E-state index contributed by atoms with van der Waals surface area (Å²) in [6.45, 7) is 5.67. The summed E-state index contributed by atoms with van der Waals surface area (Å²) in [5.41, 5.74) is 3.75. The normalized spacial score (nSPS) is 12.0. The molecule has 3 aromatic heterocycles. The minimum Gasteiger partial charge on any atom is -0.476 e. The van der Waals surface area contributed by atoms with E-state index in [9.17, 15) is 14.7 Å². The van der Waals surface area contributed by atoms with E-state index in [2.05, 4.69) is 15.3 Å². The molecule has 0 bridgehead atoms. The third-order valence-electron chi connectivity index (χ3n) is 5.43. The van der Waals surface area contributed by atoms with Crippen LogP contribution in [0.15, 0.2) is 47.4 Å². The van der Waals surface area contributed by atoms with E-state index < -0.39 is 5.97 Å². The van der Waals surface area contributed by atoms with Crippen molar-refractivity contribution < 1.29 is 9.90 Å². The second kappa shape index (κ2) is 8.63. The van der Waals surface area contributed by atoms with Crippen molar-refractivity contribution in [3.8, 4) is 11.4 Å². The van der Waals surface area contributed by atoms with Gasteiger partial charge >= 0.3 is 5.97 Å². The van der Waals surface area contributed by atoms with Crippen LogP contribution >= 0.6 is 11.6 Å². The lowest BCUT2D eigenvalue weighted by molar-refractivity contribution is 0.0691. The van der Waals surface area contributed by atoms with Gasteiger partial charge in [0.25, 0.3) is 5.56 Å². The summed E-state index contributed by atoms with van der Waals surface area (Å²) in [5, 5.41) is 13.3. The molecule has 3 heterocycles. The van der Waals surface area contributed by atoms with Gasteiger partial charge in [-0.15, -0.1) is 0 Å². The zero-order valence-corrected chi connectivity index (χ0v) is 19.3. The maximum atomic E-state index is 13.2. The van der Waals surface area contributed by atoms with E-state index >= 15 is 0 Å². The number of aromatic nitrogens is 4. The molecule has 0 aliphatic heterocycles. The fraction of sp³-hybridized carbons (Fsp3) is 0.208. The Hall–Kier alpha value is -3.78. The molecule has 168 valence electrons. The molecule has 1 atom stereocenters. The largest absolute Gasteiger partial charge is 0.476 e. The average molecular weight is 464 g/mol. The summed E-state index contributed by atoms with van der Waals surface area (Å²) in [6.07, 6.45) is 1.69. The van der Waals surface area contributed by atoms with Crippen LogP contribution in [0.5, 0.6) is 0 Å². The van der Waals surface area contributed by atoms with Crippen molar-refractivity contribution in [2.45, 2.75) is 26.8 Å². The lowest BCUT2D eigenvalue weighted by atomic mass is 10.0. The number of hydrogen-bond acceptors (Lipinski definition) is 6. The van der Waals surface area contributed by atoms with Crippen LogP contribution in [0.1, 0.15) is 40.3 Å². The third-order valence-corrected chi connectivity index (χ3v) is 5.64. The number of aryl methyl sites for hydroxylation is 2. The lowest BCUT2D eigenvalue weighted by Crippen LogP contribution is -2.22. The van der Waals surface area contributed by atoms with E-state index in [1.807, 2.05) is 45.0 Å². The Morgan fingerprint density at radius 3 is 2.58 bits per heavy atom. The number of carboxylic acids is 1. The van der Waals surface area contributed by atoms with E-state index in [-0.39, 0.29) is 22.4 Å². The number of carbonyl (C=O) groups is 1. The number of benzene rings is 1. The van der Waals surface area contributed by atoms with Crippen LogP contribution < -0.4 is 10.9 Å². The Kier molecular flexibility index (Phi) is 5.86. The molecular weight excluding hydrogens is 442 g/mol. The van der Waals surface area contributed by atoms with Gasteiger partial charge in [0.1, 0.15) is 11.0 Å². The Balaban J connectivity index is 1.88. The van der Waals surface area contributed by atoms with Gasteiger partial charge in [0, 0.05) is 30.1 Å². The number of aromatic carboxylic acids is 1. The van der Waals surface area contributed by atoms with Crippen LogP contribution in [-0.2, 0) is 7.05 Å². The van der Waals surface area contributed by atoms with Crippen LogP contribution in [0.4, 0.5) is 5.69 Å². The topological polar surface area (TPSA) is 110 Å². The fourth-order valence-corrected chi connectivity index (χ4v) is 3.91. The molecule has 1 aromatic carbocycles. The summed E-state index contributed by atoms with van der Waals surface area (Å²) in [6, 6.07) is 10.2. The maximum Gasteiger partial charge on any atom is 0.356 e. The Morgan fingerprint density at radius 2 is 1.91 bits per heavy atom. The number of rotatable bonds is 5. The standard InChI is InChI=1S/C24H22ClN5O3/c1-12-9-16(14(3)27-18-7-8-19(25)28-21(18)24(32)33)20-17(10-12)23(31)30(4)22(29-20)15-6-5-13(2)26-11-15/h5-11,14,27H,1-4H3,(H,32,33)/t14-/m1/s1.